The Morgan fingerprint density at radius 1 is 0.500 bits per heavy atom. The van der Waals surface area contributed by atoms with Crippen molar-refractivity contribution in [3.8, 4) is 0 Å². The summed E-state index contributed by atoms with van der Waals surface area (Å²) in [6, 6.07) is 0. The van der Waals surface area contributed by atoms with Gasteiger partial charge < -0.3 is 0 Å². The molecule has 0 heterocycles. The van der Waals surface area contributed by atoms with Crippen molar-refractivity contribution in [3.05, 3.63) is 0 Å². The van der Waals surface area contributed by atoms with E-state index in [1.165, 1.54) is 11.8 Å². The van der Waals surface area contributed by atoms with Crippen LogP contribution in [0.4, 0.5) is 0 Å². The topological polar surface area (TPSA) is 0 Å². The molecule has 4 bridgehead atoms. The fourth-order valence-corrected chi connectivity index (χ4v) is 4.08. The van der Waals surface area contributed by atoms with Gasteiger partial charge in [0.25, 0.3) is 0 Å². The van der Waals surface area contributed by atoms with Crippen LogP contribution in [0, 0.1) is 23.7 Å². The standard InChI is InChI=1S/C12H20/c1-2-10-4-6-11-7-9(1)3-5-12(11)8-10/h9-12H,1-8H2. The second-order valence-corrected chi connectivity index (χ2v) is 5.46. The Balaban J connectivity index is 1.84. The van der Waals surface area contributed by atoms with Gasteiger partial charge in [0.2, 0.25) is 0 Å². The largest absolute Gasteiger partial charge is 0.0502 e. The summed E-state index contributed by atoms with van der Waals surface area (Å²) in [5.41, 5.74) is 0. The second-order valence-electron chi connectivity index (χ2n) is 5.46. The van der Waals surface area contributed by atoms with Gasteiger partial charge >= 0.3 is 0 Å². The Morgan fingerprint density at radius 2 is 0.917 bits per heavy atom. The van der Waals surface area contributed by atoms with E-state index in [2.05, 4.69) is 0 Å². The zero-order valence-electron chi connectivity index (χ0n) is 7.97. The van der Waals surface area contributed by atoms with E-state index in [1.807, 2.05) is 0 Å². The first-order valence-electron chi connectivity index (χ1n) is 5.92. The third kappa shape index (κ3) is 1.11. The van der Waals surface area contributed by atoms with E-state index < -0.39 is 0 Å². The summed E-state index contributed by atoms with van der Waals surface area (Å²) in [6.45, 7) is 0. The van der Waals surface area contributed by atoms with E-state index in [1.54, 1.807) is 51.4 Å². The van der Waals surface area contributed by atoms with Crippen molar-refractivity contribution in [1.82, 2.24) is 0 Å². The van der Waals surface area contributed by atoms with Gasteiger partial charge in [0, 0.05) is 0 Å². The van der Waals surface area contributed by atoms with Crippen LogP contribution < -0.4 is 0 Å². The van der Waals surface area contributed by atoms with Crippen molar-refractivity contribution in [2.45, 2.75) is 51.4 Å². The lowest BCUT2D eigenvalue weighted by molar-refractivity contribution is 0.0593. The van der Waals surface area contributed by atoms with E-state index in [4.69, 9.17) is 0 Å². The van der Waals surface area contributed by atoms with Gasteiger partial charge in [-0.2, -0.15) is 0 Å². The molecule has 68 valence electrons. The SMILES string of the molecule is C1CC2CCC3CC1CCC3C2. The molecule has 5 rings (SSSR count). The molecule has 0 radical (unpaired) electrons. The summed E-state index contributed by atoms with van der Waals surface area (Å²) in [5, 5.41) is 0. The minimum absolute atomic E-state index is 1.15. The highest BCUT2D eigenvalue weighted by atomic mass is 14.4. The average molecular weight is 164 g/mol. The molecular formula is C12H20. The molecule has 0 aromatic heterocycles. The van der Waals surface area contributed by atoms with E-state index in [0.717, 1.165) is 11.8 Å². The van der Waals surface area contributed by atoms with Gasteiger partial charge in [-0.3, -0.25) is 0 Å². The molecule has 0 N–H and O–H groups in total. The Hall–Kier alpha value is 0. The molecular weight excluding hydrogens is 144 g/mol. The fourth-order valence-electron chi connectivity index (χ4n) is 4.08. The highest BCUT2D eigenvalue weighted by Gasteiger charge is 2.37. The third-order valence-electron chi connectivity index (χ3n) is 4.81. The first-order chi connectivity index (χ1) is 5.92. The molecule has 0 aromatic rings. The molecule has 5 saturated carbocycles. The molecule has 5 aliphatic rings. The first-order valence-corrected chi connectivity index (χ1v) is 5.92. The molecule has 0 saturated heterocycles. The summed E-state index contributed by atoms with van der Waals surface area (Å²) < 4.78 is 0. The Morgan fingerprint density at radius 3 is 1.42 bits per heavy atom. The van der Waals surface area contributed by atoms with Crippen LogP contribution in [0.5, 0.6) is 0 Å². The van der Waals surface area contributed by atoms with Crippen LogP contribution in [-0.4, -0.2) is 0 Å². The van der Waals surface area contributed by atoms with Crippen molar-refractivity contribution in [2.24, 2.45) is 23.7 Å². The fraction of sp³-hybridized carbons (Fsp3) is 1.00. The normalized spacial score (nSPS) is 52.0. The molecule has 0 amide bonds. The molecule has 0 nitrogen and oxygen atoms in total. The van der Waals surface area contributed by atoms with E-state index >= 15 is 0 Å². The van der Waals surface area contributed by atoms with Gasteiger partial charge in [-0.15, -0.1) is 0 Å². The van der Waals surface area contributed by atoms with E-state index in [0.29, 0.717) is 0 Å². The lowest BCUT2D eigenvalue weighted by Crippen LogP contribution is -2.34. The van der Waals surface area contributed by atoms with Crippen molar-refractivity contribution in [3.63, 3.8) is 0 Å². The zero-order chi connectivity index (χ0) is 7.97. The summed E-state index contributed by atoms with van der Waals surface area (Å²) in [5.74, 6) is 4.63. The van der Waals surface area contributed by atoms with E-state index in [-0.39, 0.29) is 0 Å². The zero-order valence-corrected chi connectivity index (χ0v) is 7.97. The van der Waals surface area contributed by atoms with Gasteiger partial charge in [-0.25, -0.2) is 0 Å². The van der Waals surface area contributed by atoms with Crippen LogP contribution in [0.1, 0.15) is 51.4 Å². The Bertz CT molecular complexity index is 153. The highest BCUT2D eigenvalue weighted by molar-refractivity contribution is 4.89. The maximum Gasteiger partial charge on any atom is -0.0383 e. The molecule has 5 fully saturated rings. The Labute approximate surface area is 75.7 Å². The molecule has 0 aliphatic heterocycles. The minimum atomic E-state index is 1.15. The van der Waals surface area contributed by atoms with Crippen LogP contribution in [0.2, 0.25) is 0 Å². The predicted octanol–water partition coefficient (Wildman–Crippen LogP) is 3.61. The van der Waals surface area contributed by atoms with Gasteiger partial charge in [-0.05, 0) is 49.4 Å². The molecule has 5 aliphatic carbocycles. The Kier molecular flexibility index (Phi) is 1.70. The number of hydrogen-bond acceptors (Lipinski definition) is 0. The lowest BCUT2D eigenvalue weighted by atomic mass is 9.60. The van der Waals surface area contributed by atoms with Gasteiger partial charge in [-0.1, -0.05) is 25.7 Å². The minimum Gasteiger partial charge on any atom is -0.0502 e. The lowest BCUT2D eigenvalue weighted by Gasteiger charge is -2.45. The summed E-state index contributed by atoms with van der Waals surface area (Å²) in [7, 11) is 0. The van der Waals surface area contributed by atoms with Crippen LogP contribution in [-0.2, 0) is 0 Å². The number of fused-ring (bicyclic) bond motifs is 2. The molecule has 0 aromatic carbocycles. The second kappa shape index (κ2) is 2.75. The third-order valence-corrected chi connectivity index (χ3v) is 4.81. The molecule has 4 unspecified atom stereocenters. The smallest absolute Gasteiger partial charge is 0.0383 e. The van der Waals surface area contributed by atoms with Crippen molar-refractivity contribution in [1.29, 1.82) is 0 Å². The van der Waals surface area contributed by atoms with Crippen molar-refractivity contribution >= 4 is 0 Å². The molecule has 12 heavy (non-hydrogen) atoms. The maximum atomic E-state index is 1.61. The summed E-state index contributed by atoms with van der Waals surface area (Å²) in [6.07, 6.45) is 12.7. The summed E-state index contributed by atoms with van der Waals surface area (Å²) >= 11 is 0. The first kappa shape index (κ1) is 7.41. The highest BCUT2D eigenvalue weighted by Crippen LogP contribution is 2.49. The number of rotatable bonds is 0. The van der Waals surface area contributed by atoms with Crippen LogP contribution in [0.3, 0.4) is 0 Å². The van der Waals surface area contributed by atoms with Gasteiger partial charge in [0.05, 0.1) is 0 Å². The predicted molar refractivity (Wildman–Crippen MR) is 50.9 cm³/mol. The number of hydrogen-bond donors (Lipinski definition) is 0. The molecule has 4 atom stereocenters. The average Bonchev–Trinajstić information content (AvgIpc) is 2.07. The van der Waals surface area contributed by atoms with Gasteiger partial charge in [0.15, 0.2) is 0 Å². The molecule has 0 heteroatoms. The van der Waals surface area contributed by atoms with Crippen LogP contribution in [0.25, 0.3) is 0 Å². The van der Waals surface area contributed by atoms with Crippen molar-refractivity contribution < 1.29 is 0 Å². The van der Waals surface area contributed by atoms with Crippen LogP contribution >= 0.6 is 0 Å². The quantitative estimate of drug-likeness (QED) is 0.513. The molecule has 0 spiro atoms. The summed E-state index contributed by atoms with van der Waals surface area (Å²) in [4.78, 5) is 0. The monoisotopic (exact) mass is 164 g/mol. The van der Waals surface area contributed by atoms with Gasteiger partial charge in [0.1, 0.15) is 0 Å². The van der Waals surface area contributed by atoms with Crippen molar-refractivity contribution in [2.75, 3.05) is 0 Å². The van der Waals surface area contributed by atoms with E-state index in [9.17, 15) is 0 Å². The maximum absolute atomic E-state index is 1.61. The van der Waals surface area contributed by atoms with Crippen LogP contribution in [0.15, 0.2) is 0 Å².